The minimum Gasteiger partial charge on any atom is -0.508 e. The molecule has 0 bridgehead atoms. The summed E-state index contributed by atoms with van der Waals surface area (Å²) >= 11 is 0. The molecule has 0 saturated carbocycles. The Labute approximate surface area is 270 Å². The molecule has 9 nitrogen and oxygen atoms in total. The van der Waals surface area contributed by atoms with E-state index < -0.39 is 28.3 Å². The highest BCUT2D eigenvalue weighted by Gasteiger charge is 2.38. The maximum absolute atomic E-state index is 12.9. The van der Waals surface area contributed by atoms with Crippen molar-refractivity contribution < 1.29 is 46.1 Å². The molecule has 2 aliphatic rings. The van der Waals surface area contributed by atoms with Crippen LogP contribution in [0.3, 0.4) is 0 Å². The molecule has 1 atom stereocenters. The van der Waals surface area contributed by atoms with Crippen LogP contribution in [0.25, 0.3) is 21.9 Å². The van der Waals surface area contributed by atoms with Crippen molar-refractivity contribution in [3.63, 3.8) is 0 Å². The number of ether oxygens (including phenoxy) is 2. The van der Waals surface area contributed by atoms with Gasteiger partial charge in [0.05, 0.1) is 4.90 Å². The Kier molecular flexibility index (Phi) is 9.99. The predicted octanol–water partition coefficient (Wildman–Crippen LogP) is 6.44. The lowest BCUT2D eigenvalue weighted by Gasteiger charge is -2.31. The van der Waals surface area contributed by atoms with E-state index in [0.29, 0.717) is 12.4 Å². The zero-order valence-corrected chi connectivity index (χ0v) is 26.6. The Morgan fingerprint density at radius 2 is 1.62 bits per heavy atom. The average Bonchev–Trinajstić information content (AvgIpc) is 3.04. The van der Waals surface area contributed by atoms with Gasteiger partial charge in [0.25, 0.3) is 0 Å². The van der Waals surface area contributed by atoms with E-state index in [1.165, 1.54) is 37.7 Å². The molecule has 0 spiro atoms. The Balaban J connectivity index is 0.000000559. The van der Waals surface area contributed by atoms with Gasteiger partial charge in [-0.25, -0.2) is 17.5 Å². The van der Waals surface area contributed by atoms with Crippen molar-refractivity contribution in [2.75, 3.05) is 40.3 Å². The summed E-state index contributed by atoms with van der Waals surface area (Å²) in [4.78, 5) is 11.5. The number of carboxylic acid groups (broad SMARTS) is 1. The van der Waals surface area contributed by atoms with Crippen molar-refractivity contribution in [1.29, 1.82) is 0 Å². The van der Waals surface area contributed by atoms with E-state index in [1.54, 1.807) is 24.3 Å². The number of aliphatic carboxylic acids is 1. The second-order valence-electron chi connectivity index (χ2n) is 11.5. The van der Waals surface area contributed by atoms with Crippen LogP contribution in [0.4, 0.5) is 13.2 Å². The number of rotatable bonds is 7. The van der Waals surface area contributed by atoms with Crippen LogP contribution < -0.4 is 9.47 Å². The van der Waals surface area contributed by atoms with Gasteiger partial charge in [0, 0.05) is 37.8 Å². The molecule has 1 saturated heterocycles. The monoisotopic (exact) mass is 672 g/mol. The fourth-order valence-electron chi connectivity index (χ4n) is 5.69. The number of phenols is 1. The highest BCUT2D eigenvalue weighted by molar-refractivity contribution is 7.89. The number of benzene rings is 4. The molecule has 47 heavy (non-hydrogen) atoms. The first-order chi connectivity index (χ1) is 22.3. The average molecular weight is 673 g/mol. The third kappa shape index (κ3) is 7.64. The molecule has 0 amide bonds. The number of alkyl halides is 3. The van der Waals surface area contributed by atoms with Crippen molar-refractivity contribution in [3.8, 4) is 28.4 Å². The summed E-state index contributed by atoms with van der Waals surface area (Å²) in [7, 11) is -0.588. The van der Waals surface area contributed by atoms with Gasteiger partial charge in [0.15, 0.2) is 6.10 Å². The summed E-state index contributed by atoms with van der Waals surface area (Å²) in [6, 6.07) is 22.3. The van der Waals surface area contributed by atoms with Crippen molar-refractivity contribution in [3.05, 3.63) is 83.9 Å². The quantitative estimate of drug-likeness (QED) is 0.231. The summed E-state index contributed by atoms with van der Waals surface area (Å²) in [5, 5.41) is 19.1. The van der Waals surface area contributed by atoms with Crippen LogP contribution in [0.5, 0.6) is 17.2 Å². The van der Waals surface area contributed by atoms with Crippen molar-refractivity contribution in [1.82, 2.24) is 9.21 Å². The third-order valence-electron chi connectivity index (χ3n) is 8.12. The molecule has 0 radical (unpaired) electrons. The number of carbonyl (C=O) groups is 1. The molecule has 1 fully saturated rings. The molecule has 4 aromatic rings. The van der Waals surface area contributed by atoms with E-state index in [4.69, 9.17) is 19.4 Å². The fourth-order valence-corrected chi connectivity index (χ4v) is 6.61. The lowest BCUT2D eigenvalue weighted by Crippen LogP contribution is -2.33. The van der Waals surface area contributed by atoms with Crippen molar-refractivity contribution in [2.24, 2.45) is 0 Å². The second-order valence-corrected chi connectivity index (χ2v) is 13.7. The van der Waals surface area contributed by atoms with E-state index in [9.17, 15) is 26.7 Å². The molecule has 0 aromatic heterocycles. The normalized spacial score (nSPS) is 16.4. The number of aromatic hydroxyl groups is 1. The summed E-state index contributed by atoms with van der Waals surface area (Å²) in [5.41, 5.74) is 3.71. The topological polar surface area (TPSA) is 117 Å². The number of piperidine rings is 1. The maximum atomic E-state index is 12.9. The summed E-state index contributed by atoms with van der Waals surface area (Å²) in [5.74, 6) is -1.24. The summed E-state index contributed by atoms with van der Waals surface area (Å²) in [6.07, 6.45) is -1.72. The van der Waals surface area contributed by atoms with E-state index in [0.717, 1.165) is 58.4 Å². The van der Waals surface area contributed by atoms with Gasteiger partial charge in [-0.05, 0) is 84.2 Å². The van der Waals surface area contributed by atoms with Crippen LogP contribution >= 0.6 is 0 Å². The predicted molar refractivity (Wildman–Crippen MR) is 170 cm³/mol. The van der Waals surface area contributed by atoms with Gasteiger partial charge < -0.3 is 19.7 Å². The van der Waals surface area contributed by atoms with Crippen LogP contribution in [0.15, 0.2) is 77.7 Å². The number of likely N-dealkylation sites (tertiary alicyclic amines) is 1. The highest BCUT2D eigenvalue weighted by Crippen LogP contribution is 2.48. The number of carboxylic acids is 1. The number of phenolic OH excluding ortho intramolecular Hbond substituents is 1. The molecule has 250 valence electrons. The number of hydrogen-bond donors (Lipinski definition) is 2. The molecule has 2 N–H and O–H groups in total. The summed E-state index contributed by atoms with van der Waals surface area (Å²) in [6.45, 7) is 3.86. The fraction of sp³-hybridized carbons (Fsp3) is 0.324. The molecule has 2 aliphatic heterocycles. The Morgan fingerprint density at radius 3 is 2.26 bits per heavy atom. The van der Waals surface area contributed by atoms with Crippen LogP contribution in [-0.2, 0) is 14.8 Å². The van der Waals surface area contributed by atoms with Gasteiger partial charge >= 0.3 is 12.1 Å². The molecule has 13 heteroatoms. The highest BCUT2D eigenvalue weighted by atomic mass is 32.2. The van der Waals surface area contributed by atoms with Gasteiger partial charge in [-0.3, -0.25) is 4.90 Å². The largest absolute Gasteiger partial charge is 0.508 e. The van der Waals surface area contributed by atoms with Crippen molar-refractivity contribution in [2.45, 2.75) is 36.4 Å². The number of fused-ring (bicyclic) bond motifs is 5. The second kappa shape index (κ2) is 13.8. The number of sulfonamides is 1. The van der Waals surface area contributed by atoms with Crippen molar-refractivity contribution >= 4 is 26.8 Å². The minimum absolute atomic E-state index is 0.182. The molecule has 0 aliphatic carbocycles. The smallest absolute Gasteiger partial charge is 0.490 e. The Morgan fingerprint density at radius 1 is 0.957 bits per heavy atom. The maximum Gasteiger partial charge on any atom is 0.490 e. The lowest BCUT2D eigenvalue weighted by atomic mass is 9.86. The first-order valence-electron chi connectivity index (χ1n) is 15.0. The zero-order valence-electron chi connectivity index (χ0n) is 25.8. The van der Waals surface area contributed by atoms with Crippen LogP contribution in [-0.4, -0.2) is 80.3 Å². The Hall–Kier alpha value is -4.33. The third-order valence-corrected chi connectivity index (χ3v) is 9.94. The van der Waals surface area contributed by atoms with Crippen LogP contribution in [0.1, 0.15) is 36.5 Å². The van der Waals surface area contributed by atoms with E-state index in [2.05, 4.69) is 4.90 Å². The van der Waals surface area contributed by atoms with Gasteiger partial charge in [-0.1, -0.05) is 36.8 Å². The molecule has 6 rings (SSSR count). The van der Waals surface area contributed by atoms with Crippen LogP contribution in [0.2, 0.25) is 0 Å². The first-order valence-corrected chi connectivity index (χ1v) is 16.4. The minimum atomic E-state index is -5.08. The van der Waals surface area contributed by atoms with Gasteiger partial charge in [0.2, 0.25) is 10.0 Å². The van der Waals surface area contributed by atoms with E-state index in [-0.39, 0.29) is 10.6 Å². The molecule has 2 heterocycles. The standard InChI is InChI=1S/C32H34N2O5S.C2HF3O2/c1-33(2)40(36,37)26-12-15-28-29-13-8-23-20-24(35)9-14-27(23)31(29)32(39-30(28)21-26)22-6-10-25(11-7-22)38-19-18-34-16-4-3-5-17-34;3-2(4,5)1(6)7/h6-15,20-21,32,35H,3-5,16-19H2,1-2H3;(H,6,7). The van der Waals surface area contributed by atoms with Crippen LogP contribution in [0, 0.1) is 0 Å². The summed E-state index contributed by atoms with van der Waals surface area (Å²) < 4.78 is 71.3. The molecule has 4 aromatic carbocycles. The SMILES string of the molecule is CN(C)S(=O)(=O)c1ccc2c(c1)OC(c1ccc(OCCN3CCCCC3)cc1)c1c-2ccc2cc(O)ccc12.O=C(O)C(F)(F)F. The van der Waals surface area contributed by atoms with Gasteiger partial charge in [0.1, 0.15) is 23.9 Å². The van der Waals surface area contributed by atoms with E-state index in [1.807, 2.05) is 48.5 Å². The number of nitrogens with zero attached hydrogens (tertiary/aromatic N) is 2. The number of halogens is 3. The first kappa shape index (κ1) is 34.0. The van der Waals surface area contributed by atoms with Gasteiger partial charge in [-0.15, -0.1) is 0 Å². The number of hydrogen-bond acceptors (Lipinski definition) is 7. The van der Waals surface area contributed by atoms with Gasteiger partial charge in [-0.2, -0.15) is 13.2 Å². The zero-order chi connectivity index (χ0) is 33.9. The lowest BCUT2D eigenvalue weighted by molar-refractivity contribution is -0.192. The Bertz CT molecular complexity index is 1860. The molecular weight excluding hydrogens is 637 g/mol. The van der Waals surface area contributed by atoms with E-state index >= 15 is 0 Å². The molecule has 1 unspecified atom stereocenters. The molecular formula is C34H35F3N2O7S.